The van der Waals surface area contributed by atoms with E-state index < -0.39 is 5.54 Å². The van der Waals surface area contributed by atoms with Crippen LogP contribution in [0.4, 0.5) is 0 Å². The number of carbonyl (C=O) groups is 1. The van der Waals surface area contributed by atoms with Crippen molar-refractivity contribution in [1.29, 1.82) is 0 Å². The summed E-state index contributed by atoms with van der Waals surface area (Å²) in [6.07, 6.45) is 7.19. The van der Waals surface area contributed by atoms with Crippen LogP contribution in [0.3, 0.4) is 0 Å². The molecule has 0 saturated heterocycles. The summed E-state index contributed by atoms with van der Waals surface area (Å²) < 4.78 is 0. The number of hydrogen-bond donors (Lipinski definition) is 1. The van der Waals surface area contributed by atoms with Crippen LogP contribution in [-0.2, 0) is 4.79 Å². The van der Waals surface area contributed by atoms with Crippen molar-refractivity contribution >= 4 is 5.78 Å². The fraction of sp³-hybridized carbons (Fsp3) is 0.700. The first kappa shape index (κ1) is 9.46. The molecular weight excluding hydrogens is 150 g/mol. The van der Waals surface area contributed by atoms with E-state index in [1.54, 1.807) is 0 Å². The summed E-state index contributed by atoms with van der Waals surface area (Å²) in [4.78, 5) is 11.5. The number of Topliss-reactive ketones (excluding diaryl/α,β-unsaturated/α-hetero) is 1. The lowest BCUT2D eigenvalue weighted by Gasteiger charge is -2.36. The van der Waals surface area contributed by atoms with E-state index in [4.69, 9.17) is 5.73 Å². The minimum absolute atomic E-state index is 0.246. The fourth-order valence-corrected chi connectivity index (χ4v) is 1.49. The second-order valence-electron chi connectivity index (χ2n) is 3.61. The molecule has 0 atom stereocenters. The summed E-state index contributed by atoms with van der Waals surface area (Å²) >= 11 is 0. The van der Waals surface area contributed by atoms with E-state index >= 15 is 0 Å². The molecule has 1 aliphatic carbocycles. The SMILES string of the molecule is C=CCCCC(=O)C1(N)CCC1. The van der Waals surface area contributed by atoms with Crippen LogP contribution < -0.4 is 5.73 Å². The lowest BCUT2D eigenvalue weighted by atomic mass is 9.73. The molecule has 0 bridgehead atoms. The number of carbonyl (C=O) groups excluding carboxylic acids is 1. The molecule has 0 radical (unpaired) electrons. The monoisotopic (exact) mass is 167 g/mol. The number of allylic oxidation sites excluding steroid dienone is 1. The molecule has 2 heteroatoms. The molecule has 0 amide bonds. The molecule has 1 saturated carbocycles. The van der Waals surface area contributed by atoms with Gasteiger partial charge in [-0.2, -0.15) is 0 Å². The quantitative estimate of drug-likeness (QED) is 0.501. The van der Waals surface area contributed by atoms with Crippen molar-refractivity contribution < 1.29 is 4.79 Å². The first-order chi connectivity index (χ1) is 5.69. The van der Waals surface area contributed by atoms with Gasteiger partial charge in [0.05, 0.1) is 5.54 Å². The van der Waals surface area contributed by atoms with E-state index in [0.29, 0.717) is 6.42 Å². The first-order valence-corrected chi connectivity index (χ1v) is 4.62. The molecule has 1 aliphatic rings. The Morgan fingerprint density at radius 1 is 1.58 bits per heavy atom. The summed E-state index contributed by atoms with van der Waals surface area (Å²) in [6, 6.07) is 0. The normalized spacial score (nSPS) is 19.8. The maximum Gasteiger partial charge on any atom is 0.152 e. The van der Waals surface area contributed by atoms with Gasteiger partial charge in [-0.25, -0.2) is 0 Å². The Hall–Kier alpha value is -0.630. The Kier molecular flexibility index (Phi) is 3.04. The van der Waals surface area contributed by atoms with E-state index in [-0.39, 0.29) is 5.78 Å². The highest BCUT2D eigenvalue weighted by molar-refractivity contribution is 5.89. The maximum atomic E-state index is 11.5. The Labute approximate surface area is 73.8 Å². The van der Waals surface area contributed by atoms with Crippen molar-refractivity contribution in [3.05, 3.63) is 12.7 Å². The number of nitrogens with two attached hydrogens (primary N) is 1. The molecule has 1 fully saturated rings. The number of unbranched alkanes of at least 4 members (excludes halogenated alkanes) is 1. The molecule has 0 spiro atoms. The highest BCUT2D eigenvalue weighted by Crippen LogP contribution is 2.31. The predicted molar refractivity (Wildman–Crippen MR) is 49.8 cm³/mol. The van der Waals surface area contributed by atoms with Crippen molar-refractivity contribution in [1.82, 2.24) is 0 Å². The molecule has 1 rings (SSSR count). The Balaban J connectivity index is 2.23. The molecule has 0 aromatic rings. The van der Waals surface area contributed by atoms with Crippen molar-refractivity contribution in [3.8, 4) is 0 Å². The average molecular weight is 167 g/mol. The number of rotatable bonds is 5. The standard InChI is InChI=1S/C10H17NO/c1-2-3-4-6-9(12)10(11)7-5-8-10/h2H,1,3-8,11H2. The van der Waals surface area contributed by atoms with Crippen LogP contribution in [0.2, 0.25) is 0 Å². The van der Waals surface area contributed by atoms with Crippen LogP contribution in [-0.4, -0.2) is 11.3 Å². The van der Waals surface area contributed by atoms with Crippen LogP contribution in [0.15, 0.2) is 12.7 Å². The topological polar surface area (TPSA) is 43.1 Å². The van der Waals surface area contributed by atoms with E-state index in [0.717, 1.165) is 32.1 Å². The third-order valence-corrected chi connectivity index (χ3v) is 2.61. The van der Waals surface area contributed by atoms with Crippen LogP contribution in [0.1, 0.15) is 38.5 Å². The summed E-state index contributed by atoms with van der Waals surface area (Å²) in [5, 5.41) is 0. The van der Waals surface area contributed by atoms with Gasteiger partial charge in [-0.3, -0.25) is 4.79 Å². The van der Waals surface area contributed by atoms with Crippen molar-refractivity contribution in [3.63, 3.8) is 0 Å². The maximum absolute atomic E-state index is 11.5. The van der Waals surface area contributed by atoms with Gasteiger partial charge in [0, 0.05) is 6.42 Å². The first-order valence-electron chi connectivity index (χ1n) is 4.62. The van der Waals surface area contributed by atoms with Gasteiger partial charge < -0.3 is 5.73 Å². The number of hydrogen-bond acceptors (Lipinski definition) is 2. The zero-order valence-electron chi connectivity index (χ0n) is 7.51. The molecular formula is C10H17NO. The second-order valence-corrected chi connectivity index (χ2v) is 3.61. The Bertz CT molecular complexity index is 182. The van der Waals surface area contributed by atoms with Crippen molar-refractivity contribution in [2.75, 3.05) is 0 Å². The molecule has 2 nitrogen and oxygen atoms in total. The zero-order valence-corrected chi connectivity index (χ0v) is 7.51. The fourth-order valence-electron chi connectivity index (χ4n) is 1.49. The highest BCUT2D eigenvalue weighted by atomic mass is 16.1. The smallest absolute Gasteiger partial charge is 0.152 e. The second kappa shape index (κ2) is 3.85. The summed E-state index contributed by atoms with van der Waals surface area (Å²) in [5.74, 6) is 0.246. The van der Waals surface area contributed by atoms with Crippen LogP contribution in [0, 0.1) is 0 Å². The zero-order chi connectivity index (χ0) is 9.03. The predicted octanol–water partition coefficient (Wildman–Crippen LogP) is 1.79. The lowest BCUT2D eigenvalue weighted by Crippen LogP contribution is -2.53. The van der Waals surface area contributed by atoms with Crippen molar-refractivity contribution in [2.24, 2.45) is 5.73 Å². The average Bonchev–Trinajstić information content (AvgIpc) is 2.00. The molecule has 0 aromatic heterocycles. The third kappa shape index (κ3) is 1.95. The number of ketones is 1. The molecule has 12 heavy (non-hydrogen) atoms. The molecule has 2 N–H and O–H groups in total. The van der Waals surface area contributed by atoms with Gasteiger partial charge in [0.2, 0.25) is 0 Å². The molecule has 0 aliphatic heterocycles. The Morgan fingerprint density at radius 3 is 2.67 bits per heavy atom. The van der Waals surface area contributed by atoms with Gasteiger partial charge in [0.15, 0.2) is 5.78 Å². The highest BCUT2D eigenvalue weighted by Gasteiger charge is 2.38. The van der Waals surface area contributed by atoms with Gasteiger partial charge >= 0.3 is 0 Å². The van der Waals surface area contributed by atoms with Gasteiger partial charge in [-0.05, 0) is 32.1 Å². The molecule has 0 heterocycles. The van der Waals surface area contributed by atoms with Gasteiger partial charge in [-0.15, -0.1) is 6.58 Å². The third-order valence-electron chi connectivity index (χ3n) is 2.61. The van der Waals surface area contributed by atoms with E-state index in [1.807, 2.05) is 6.08 Å². The van der Waals surface area contributed by atoms with Crippen LogP contribution in [0.5, 0.6) is 0 Å². The molecule has 0 aromatic carbocycles. The van der Waals surface area contributed by atoms with Gasteiger partial charge in [0.25, 0.3) is 0 Å². The summed E-state index contributed by atoms with van der Waals surface area (Å²) in [6.45, 7) is 3.61. The Morgan fingerprint density at radius 2 is 2.25 bits per heavy atom. The van der Waals surface area contributed by atoms with Gasteiger partial charge in [0.1, 0.15) is 0 Å². The summed E-state index contributed by atoms with van der Waals surface area (Å²) in [7, 11) is 0. The van der Waals surface area contributed by atoms with E-state index in [1.165, 1.54) is 0 Å². The van der Waals surface area contributed by atoms with Crippen molar-refractivity contribution in [2.45, 2.75) is 44.1 Å². The molecule has 68 valence electrons. The summed E-state index contributed by atoms with van der Waals surface area (Å²) in [5.41, 5.74) is 5.41. The van der Waals surface area contributed by atoms with Crippen LogP contribution in [0.25, 0.3) is 0 Å². The van der Waals surface area contributed by atoms with Gasteiger partial charge in [-0.1, -0.05) is 6.08 Å². The minimum atomic E-state index is -0.443. The van der Waals surface area contributed by atoms with E-state index in [9.17, 15) is 4.79 Å². The van der Waals surface area contributed by atoms with Crippen LogP contribution >= 0.6 is 0 Å². The largest absolute Gasteiger partial charge is 0.319 e. The lowest BCUT2D eigenvalue weighted by molar-refractivity contribution is -0.127. The minimum Gasteiger partial charge on any atom is -0.319 e. The molecule has 0 unspecified atom stereocenters. The van der Waals surface area contributed by atoms with E-state index in [2.05, 4.69) is 6.58 Å².